The summed E-state index contributed by atoms with van der Waals surface area (Å²) in [5, 5.41) is 21.0. The van der Waals surface area contributed by atoms with Crippen molar-refractivity contribution in [3.63, 3.8) is 0 Å². The van der Waals surface area contributed by atoms with E-state index in [1.807, 2.05) is 51.1 Å². The number of likely N-dealkylation sites (tertiary alicyclic amines) is 1. The first-order valence-electron chi connectivity index (χ1n) is 10.4. The normalized spacial score (nSPS) is 20.0. The number of β-amino-alcohol motifs (C(OH)–C–C–N with tert-alkyl or cyclic N) is 1. The number of benzene rings is 1. The average Bonchev–Trinajstić information content (AvgIpc) is 3.34. The number of nitrogens with zero attached hydrogens (tertiary/aromatic N) is 4. The van der Waals surface area contributed by atoms with E-state index in [0.29, 0.717) is 12.3 Å². The minimum atomic E-state index is -0.732. The third-order valence-corrected chi connectivity index (χ3v) is 5.35. The van der Waals surface area contributed by atoms with Crippen molar-refractivity contribution in [2.45, 2.75) is 58.6 Å². The van der Waals surface area contributed by atoms with Gasteiger partial charge in [-0.15, -0.1) is 5.10 Å². The lowest BCUT2D eigenvalue weighted by Crippen LogP contribution is -2.49. The summed E-state index contributed by atoms with van der Waals surface area (Å²) in [5.74, 6) is -0.551. The summed E-state index contributed by atoms with van der Waals surface area (Å²) in [7, 11) is 1.52. The van der Waals surface area contributed by atoms with E-state index in [0.717, 1.165) is 5.56 Å². The minimum absolute atomic E-state index is 0.116. The van der Waals surface area contributed by atoms with Gasteiger partial charge in [0.05, 0.1) is 25.5 Å². The lowest BCUT2D eigenvalue weighted by atomic mass is 9.85. The second-order valence-corrected chi connectivity index (χ2v) is 8.95. The number of aliphatic hydroxyl groups excluding tert-OH is 1. The predicted octanol–water partition coefficient (Wildman–Crippen LogP) is 1.29. The van der Waals surface area contributed by atoms with Crippen molar-refractivity contribution in [3.05, 3.63) is 47.8 Å². The number of aliphatic hydroxyl groups is 1. The fourth-order valence-electron chi connectivity index (χ4n) is 3.86. The highest BCUT2D eigenvalue weighted by atomic mass is 16.5. The Hall–Kier alpha value is -2.78. The molecule has 3 atom stereocenters. The van der Waals surface area contributed by atoms with Gasteiger partial charge in [0.25, 0.3) is 0 Å². The Morgan fingerprint density at radius 2 is 1.97 bits per heavy atom. The summed E-state index contributed by atoms with van der Waals surface area (Å²) in [6, 6.07) is 8.45. The van der Waals surface area contributed by atoms with Crippen LogP contribution < -0.4 is 5.32 Å². The maximum atomic E-state index is 13.5. The number of ether oxygens (including phenoxy) is 1. The van der Waals surface area contributed by atoms with E-state index in [-0.39, 0.29) is 31.4 Å². The lowest BCUT2D eigenvalue weighted by Gasteiger charge is -2.34. The molecule has 168 valence electrons. The molecule has 1 aromatic carbocycles. The van der Waals surface area contributed by atoms with Gasteiger partial charge >= 0.3 is 0 Å². The maximum Gasteiger partial charge on any atom is 0.248 e. The van der Waals surface area contributed by atoms with Gasteiger partial charge in [0.1, 0.15) is 17.8 Å². The van der Waals surface area contributed by atoms with Crippen LogP contribution in [0.4, 0.5) is 0 Å². The van der Waals surface area contributed by atoms with Crippen LogP contribution in [0.5, 0.6) is 0 Å². The van der Waals surface area contributed by atoms with Gasteiger partial charge < -0.3 is 20.1 Å². The number of carbonyl (C=O) groups excluding carboxylic acids is 2. The van der Waals surface area contributed by atoms with Gasteiger partial charge in [-0.1, -0.05) is 56.3 Å². The largest absolute Gasteiger partial charge is 0.391 e. The number of rotatable bonds is 7. The average molecular weight is 430 g/mol. The number of aromatic nitrogens is 3. The van der Waals surface area contributed by atoms with Gasteiger partial charge in [-0.25, -0.2) is 4.68 Å². The molecule has 0 aliphatic carbocycles. The van der Waals surface area contributed by atoms with Crippen molar-refractivity contribution in [3.8, 4) is 0 Å². The zero-order chi connectivity index (χ0) is 22.6. The van der Waals surface area contributed by atoms with Gasteiger partial charge in [0, 0.05) is 20.0 Å². The molecule has 2 aromatic rings. The van der Waals surface area contributed by atoms with E-state index in [4.69, 9.17) is 4.74 Å². The SMILES string of the molecule is CNC(=O)[C@H]1CC(O)CN1C(=O)C(n1cc(COCc2ccccc2)nn1)C(C)(C)C. The van der Waals surface area contributed by atoms with Crippen LogP contribution in [-0.2, 0) is 27.5 Å². The first kappa shape index (κ1) is 22.9. The van der Waals surface area contributed by atoms with Crippen LogP contribution in [0.25, 0.3) is 0 Å². The molecule has 2 unspecified atom stereocenters. The lowest BCUT2D eigenvalue weighted by molar-refractivity contribution is -0.144. The summed E-state index contributed by atoms with van der Waals surface area (Å²) >= 11 is 0. The van der Waals surface area contributed by atoms with Crippen molar-refractivity contribution < 1.29 is 19.4 Å². The zero-order valence-corrected chi connectivity index (χ0v) is 18.5. The van der Waals surface area contributed by atoms with Crippen LogP contribution in [0.3, 0.4) is 0 Å². The molecule has 2 amide bonds. The van der Waals surface area contributed by atoms with Crippen molar-refractivity contribution in [2.75, 3.05) is 13.6 Å². The topological polar surface area (TPSA) is 110 Å². The zero-order valence-electron chi connectivity index (χ0n) is 18.5. The molecule has 2 heterocycles. The fraction of sp³-hybridized carbons (Fsp3) is 0.545. The van der Waals surface area contributed by atoms with Gasteiger partial charge in [-0.2, -0.15) is 0 Å². The molecule has 0 radical (unpaired) electrons. The van der Waals surface area contributed by atoms with Crippen LogP contribution in [0, 0.1) is 5.41 Å². The van der Waals surface area contributed by atoms with Crippen LogP contribution in [0.1, 0.15) is 44.5 Å². The summed E-state index contributed by atoms with van der Waals surface area (Å²) in [6.07, 6.45) is 1.20. The van der Waals surface area contributed by atoms with Crippen molar-refractivity contribution in [1.82, 2.24) is 25.2 Å². The molecule has 9 nitrogen and oxygen atoms in total. The van der Waals surface area contributed by atoms with Crippen LogP contribution >= 0.6 is 0 Å². The monoisotopic (exact) mass is 429 g/mol. The Morgan fingerprint density at radius 1 is 1.26 bits per heavy atom. The molecule has 1 aliphatic heterocycles. The standard InChI is InChI=1S/C22H31N5O4/c1-22(2,3)19(21(30)26-12-17(28)10-18(26)20(29)23-4)27-11-16(24-25-27)14-31-13-15-8-6-5-7-9-15/h5-9,11,17-19,28H,10,12-14H2,1-4H3,(H,23,29)/t17?,18-,19?/m1/s1. The molecular weight excluding hydrogens is 398 g/mol. The third kappa shape index (κ3) is 5.48. The Kier molecular flexibility index (Phi) is 7.07. The number of carbonyl (C=O) groups is 2. The molecule has 2 N–H and O–H groups in total. The van der Waals surface area contributed by atoms with Crippen molar-refractivity contribution in [2.24, 2.45) is 5.41 Å². The molecule has 1 aromatic heterocycles. The summed E-state index contributed by atoms with van der Waals surface area (Å²) in [4.78, 5) is 27.2. The number of amides is 2. The number of likely N-dealkylation sites (N-methyl/N-ethyl adjacent to an activating group) is 1. The van der Waals surface area contributed by atoms with Crippen LogP contribution in [-0.4, -0.2) is 62.6 Å². The highest BCUT2D eigenvalue weighted by Crippen LogP contribution is 2.34. The maximum absolute atomic E-state index is 13.5. The summed E-state index contributed by atoms with van der Waals surface area (Å²) in [5.41, 5.74) is 1.18. The second kappa shape index (κ2) is 9.57. The van der Waals surface area contributed by atoms with E-state index in [2.05, 4.69) is 15.6 Å². The molecule has 0 saturated carbocycles. The first-order chi connectivity index (χ1) is 14.7. The van der Waals surface area contributed by atoms with Crippen LogP contribution in [0.2, 0.25) is 0 Å². The van der Waals surface area contributed by atoms with Gasteiger partial charge in [-0.05, 0) is 11.0 Å². The summed E-state index contributed by atoms with van der Waals surface area (Å²) < 4.78 is 7.26. The molecule has 9 heteroatoms. The Bertz CT molecular complexity index is 893. The highest BCUT2D eigenvalue weighted by molar-refractivity contribution is 5.90. The quantitative estimate of drug-likeness (QED) is 0.686. The molecular formula is C22H31N5O4. The number of nitrogens with one attached hydrogen (secondary N) is 1. The number of hydrogen-bond donors (Lipinski definition) is 2. The molecule has 0 spiro atoms. The van der Waals surface area contributed by atoms with Gasteiger partial charge in [0.15, 0.2) is 0 Å². The Balaban J connectivity index is 1.74. The second-order valence-electron chi connectivity index (χ2n) is 8.95. The van der Waals surface area contributed by atoms with E-state index in [1.165, 1.54) is 16.6 Å². The van der Waals surface area contributed by atoms with Crippen molar-refractivity contribution in [1.29, 1.82) is 0 Å². The van der Waals surface area contributed by atoms with Crippen molar-refractivity contribution >= 4 is 11.8 Å². The van der Waals surface area contributed by atoms with Crippen LogP contribution in [0.15, 0.2) is 36.5 Å². The van der Waals surface area contributed by atoms with Gasteiger partial charge in [-0.3, -0.25) is 9.59 Å². The Labute approximate surface area is 182 Å². The molecule has 1 fully saturated rings. The molecule has 1 saturated heterocycles. The first-order valence-corrected chi connectivity index (χ1v) is 10.4. The smallest absolute Gasteiger partial charge is 0.248 e. The summed E-state index contributed by atoms with van der Waals surface area (Å²) in [6.45, 7) is 6.64. The molecule has 31 heavy (non-hydrogen) atoms. The minimum Gasteiger partial charge on any atom is -0.391 e. The van der Waals surface area contributed by atoms with E-state index >= 15 is 0 Å². The third-order valence-electron chi connectivity index (χ3n) is 5.35. The van der Waals surface area contributed by atoms with E-state index in [9.17, 15) is 14.7 Å². The highest BCUT2D eigenvalue weighted by Gasteiger charge is 2.44. The van der Waals surface area contributed by atoms with Gasteiger partial charge in [0.2, 0.25) is 11.8 Å². The van der Waals surface area contributed by atoms with E-state index in [1.54, 1.807) is 6.20 Å². The van der Waals surface area contributed by atoms with E-state index < -0.39 is 23.6 Å². The molecule has 1 aliphatic rings. The molecule has 3 rings (SSSR count). The number of hydrogen-bond acceptors (Lipinski definition) is 6. The fourth-order valence-corrected chi connectivity index (χ4v) is 3.86. The Morgan fingerprint density at radius 3 is 2.61 bits per heavy atom. The predicted molar refractivity (Wildman–Crippen MR) is 114 cm³/mol. The molecule has 0 bridgehead atoms.